The SMILES string of the molecule is CCCCN(CCCC)C(=O)c1ccccc1-c1ccc2c(c1)OCO2. The monoisotopic (exact) mass is 353 g/mol. The minimum absolute atomic E-state index is 0.111. The summed E-state index contributed by atoms with van der Waals surface area (Å²) >= 11 is 0. The predicted molar refractivity (Wildman–Crippen MR) is 104 cm³/mol. The lowest BCUT2D eigenvalue weighted by Gasteiger charge is -2.24. The first-order valence-corrected chi connectivity index (χ1v) is 9.53. The number of carbonyl (C=O) groups excluding carboxylic acids is 1. The molecule has 4 nitrogen and oxygen atoms in total. The van der Waals surface area contributed by atoms with Gasteiger partial charge in [0, 0.05) is 18.7 Å². The zero-order chi connectivity index (χ0) is 18.4. The molecule has 0 spiro atoms. The summed E-state index contributed by atoms with van der Waals surface area (Å²) in [6, 6.07) is 13.7. The van der Waals surface area contributed by atoms with Crippen LogP contribution in [0, 0.1) is 0 Å². The van der Waals surface area contributed by atoms with E-state index in [1.165, 1.54) is 0 Å². The largest absolute Gasteiger partial charge is 0.454 e. The summed E-state index contributed by atoms with van der Waals surface area (Å²) in [4.78, 5) is 15.3. The molecule has 1 aliphatic heterocycles. The average molecular weight is 353 g/mol. The zero-order valence-electron chi connectivity index (χ0n) is 15.7. The van der Waals surface area contributed by atoms with Gasteiger partial charge in [-0.3, -0.25) is 4.79 Å². The van der Waals surface area contributed by atoms with Crippen LogP contribution in [0.25, 0.3) is 11.1 Å². The molecule has 4 heteroatoms. The standard InChI is InChI=1S/C22H27NO3/c1-3-5-13-23(14-6-4-2)22(24)19-10-8-7-9-18(19)17-11-12-20-21(15-17)26-16-25-20/h7-12,15H,3-6,13-14,16H2,1-2H3. The van der Waals surface area contributed by atoms with E-state index in [1.54, 1.807) is 0 Å². The summed E-state index contributed by atoms with van der Waals surface area (Å²) in [7, 11) is 0. The summed E-state index contributed by atoms with van der Waals surface area (Å²) < 4.78 is 10.9. The van der Waals surface area contributed by atoms with E-state index in [1.807, 2.05) is 47.4 Å². The van der Waals surface area contributed by atoms with E-state index in [-0.39, 0.29) is 12.7 Å². The molecule has 0 radical (unpaired) electrons. The number of carbonyl (C=O) groups is 1. The normalized spacial score (nSPS) is 12.2. The van der Waals surface area contributed by atoms with Gasteiger partial charge in [0.2, 0.25) is 6.79 Å². The van der Waals surface area contributed by atoms with Gasteiger partial charge in [-0.25, -0.2) is 0 Å². The maximum absolute atomic E-state index is 13.3. The van der Waals surface area contributed by atoms with Gasteiger partial charge in [-0.15, -0.1) is 0 Å². The highest BCUT2D eigenvalue weighted by atomic mass is 16.7. The van der Waals surface area contributed by atoms with Crippen molar-refractivity contribution in [2.45, 2.75) is 39.5 Å². The summed E-state index contributed by atoms with van der Waals surface area (Å²) in [5.41, 5.74) is 2.66. The third-order valence-electron chi connectivity index (χ3n) is 4.69. The highest BCUT2D eigenvalue weighted by Gasteiger charge is 2.20. The van der Waals surface area contributed by atoms with E-state index in [0.29, 0.717) is 0 Å². The van der Waals surface area contributed by atoms with Crippen molar-refractivity contribution in [1.29, 1.82) is 0 Å². The molecule has 1 aliphatic rings. The van der Waals surface area contributed by atoms with Crippen LogP contribution in [0.15, 0.2) is 42.5 Å². The molecular weight excluding hydrogens is 326 g/mol. The predicted octanol–water partition coefficient (Wildman–Crippen LogP) is 5.12. The van der Waals surface area contributed by atoms with Crippen LogP contribution in [0.5, 0.6) is 11.5 Å². The minimum atomic E-state index is 0.111. The Morgan fingerprint density at radius 2 is 1.65 bits per heavy atom. The molecule has 0 saturated heterocycles. The number of ether oxygens (including phenoxy) is 2. The molecule has 138 valence electrons. The fourth-order valence-corrected chi connectivity index (χ4v) is 3.17. The Morgan fingerprint density at radius 3 is 2.38 bits per heavy atom. The maximum atomic E-state index is 13.3. The fraction of sp³-hybridized carbons (Fsp3) is 0.409. The second kappa shape index (κ2) is 8.75. The molecule has 3 rings (SSSR count). The van der Waals surface area contributed by atoms with E-state index >= 15 is 0 Å². The van der Waals surface area contributed by atoms with E-state index in [0.717, 1.165) is 67.0 Å². The molecule has 0 atom stereocenters. The second-order valence-electron chi connectivity index (χ2n) is 6.61. The molecule has 0 N–H and O–H groups in total. The molecule has 0 unspecified atom stereocenters. The molecule has 0 fully saturated rings. The van der Waals surface area contributed by atoms with Crippen LogP contribution in [0.1, 0.15) is 49.9 Å². The van der Waals surface area contributed by atoms with Crippen LogP contribution in [-0.2, 0) is 0 Å². The molecule has 26 heavy (non-hydrogen) atoms. The number of unbranched alkanes of at least 4 members (excludes halogenated alkanes) is 2. The summed E-state index contributed by atoms with van der Waals surface area (Å²) in [5.74, 6) is 1.60. The van der Waals surface area contributed by atoms with E-state index in [2.05, 4.69) is 13.8 Å². The van der Waals surface area contributed by atoms with Crippen LogP contribution < -0.4 is 9.47 Å². The molecule has 0 saturated carbocycles. The van der Waals surface area contributed by atoms with Crippen molar-refractivity contribution in [2.75, 3.05) is 19.9 Å². The average Bonchev–Trinajstić information content (AvgIpc) is 3.15. The minimum Gasteiger partial charge on any atom is -0.454 e. The maximum Gasteiger partial charge on any atom is 0.254 e. The van der Waals surface area contributed by atoms with Gasteiger partial charge in [0.25, 0.3) is 5.91 Å². The summed E-state index contributed by atoms with van der Waals surface area (Å²) in [6.07, 6.45) is 4.22. The molecular formula is C22H27NO3. The first-order chi connectivity index (χ1) is 12.7. The lowest BCUT2D eigenvalue weighted by atomic mass is 9.98. The van der Waals surface area contributed by atoms with Gasteiger partial charge in [0.1, 0.15) is 0 Å². The van der Waals surface area contributed by atoms with Crippen LogP contribution in [-0.4, -0.2) is 30.7 Å². The quantitative estimate of drug-likeness (QED) is 0.661. The molecule has 0 aromatic heterocycles. The molecule has 2 aromatic carbocycles. The number of hydrogen-bond donors (Lipinski definition) is 0. The van der Waals surface area contributed by atoms with Crippen molar-refractivity contribution in [2.24, 2.45) is 0 Å². The van der Waals surface area contributed by atoms with Gasteiger partial charge in [-0.1, -0.05) is 51.0 Å². The summed E-state index contributed by atoms with van der Waals surface area (Å²) in [5, 5.41) is 0. The Morgan fingerprint density at radius 1 is 0.962 bits per heavy atom. The third-order valence-corrected chi connectivity index (χ3v) is 4.69. The zero-order valence-corrected chi connectivity index (χ0v) is 15.7. The van der Waals surface area contributed by atoms with Crippen LogP contribution in [0.2, 0.25) is 0 Å². The van der Waals surface area contributed by atoms with Crippen molar-refractivity contribution in [3.63, 3.8) is 0 Å². The van der Waals surface area contributed by atoms with Crippen molar-refractivity contribution in [3.05, 3.63) is 48.0 Å². The Kier molecular flexibility index (Phi) is 6.16. The van der Waals surface area contributed by atoms with Gasteiger partial charge in [0.05, 0.1) is 0 Å². The Bertz CT molecular complexity index is 749. The van der Waals surface area contributed by atoms with Crippen LogP contribution in [0.4, 0.5) is 0 Å². The molecule has 2 aromatic rings. The van der Waals surface area contributed by atoms with Gasteiger partial charge >= 0.3 is 0 Å². The van der Waals surface area contributed by atoms with Crippen molar-refractivity contribution in [3.8, 4) is 22.6 Å². The highest BCUT2D eigenvalue weighted by molar-refractivity contribution is 6.01. The fourth-order valence-electron chi connectivity index (χ4n) is 3.17. The molecule has 0 aliphatic carbocycles. The number of rotatable bonds is 8. The lowest BCUT2D eigenvalue weighted by molar-refractivity contribution is 0.0752. The van der Waals surface area contributed by atoms with Crippen molar-refractivity contribution in [1.82, 2.24) is 4.90 Å². The van der Waals surface area contributed by atoms with E-state index in [4.69, 9.17) is 9.47 Å². The van der Waals surface area contributed by atoms with Gasteiger partial charge < -0.3 is 14.4 Å². The Hall–Kier alpha value is -2.49. The first-order valence-electron chi connectivity index (χ1n) is 9.53. The topological polar surface area (TPSA) is 38.8 Å². The van der Waals surface area contributed by atoms with Crippen LogP contribution in [0.3, 0.4) is 0 Å². The number of nitrogens with zero attached hydrogens (tertiary/aromatic N) is 1. The Balaban J connectivity index is 1.91. The number of fused-ring (bicyclic) bond motifs is 1. The number of benzene rings is 2. The second-order valence-corrected chi connectivity index (χ2v) is 6.61. The van der Waals surface area contributed by atoms with Gasteiger partial charge in [0.15, 0.2) is 11.5 Å². The van der Waals surface area contributed by atoms with Crippen molar-refractivity contribution >= 4 is 5.91 Å². The molecule has 0 bridgehead atoms. The van der Waals surface area contributed by atoms with Gasteiger partial charge in [-0.05, 0) is 42.2 Å². The van der Waals surface area contributed by atoms with Crippen LogP contribution >= 0.6 is 0 Å². The third kappa shape index (κ3) is 4.01. The Labute approximate surface area is 155 Å². The smallest absolute Gasteiger partial charge is 0.254 e. The lowest BCUT2D eigenvalue weighted by Crippen LogP contribution is -2.33. The number of hydrogen-bond acceptors (Lipinski definition) is 3. The van der Waals surface area contributed by atoms with Crippen molar-refractivity contribution < 1.29 is 14.3 Å². The first kappa shape index (κ1) is 18.3. The molecule has 1 amide bonds. The van der Waals surface area contributed by atoms with E-state index in [9.17, 15) is 4.79 Å². The molecule has 1 heterocycles. The summed E-state index contributed by atoms with van der Waals surface area (Å²) in [6.45, 7) is 6.18. The van der Waals surface area contributed by atoms with Gasteiger partial charge in [-0.2, -0.15) is 0 Å². The highest BCUT2D eigenvalue weighted by Crippen LogP contribution is 2.37. The number of amides is 1. The van der Waals surface area contributed by atoms with E-state index < -0.39 is 0 Å².